The topological polar surface area (TPSA) is 116 Å². The molecule has 0 radical (unpaired) electrons. The van der Waals surface area contributed by atoms with Gasteiger partial charge in [0.2, 0.25) is 0 Å². The summed E-state index contributed by atoms with van der Waals surface area (Å²) in [5.41, 5.74) is 0.589. The molecule has 0 aliphatic rings. The van der Waals surface area contributed by atoms with Crippen LogP contribution in [0, 0.1) is 0 Å². The number of esters is 2. The van der Waals surface area contributed by atoms with Gasteiger partial charge in [-0.3, -0.25) is 9.59 Å². The van der Waals surface area contributed by atoms with Crippen LogP contribution in [0.2, 0.25) is 0 Å². The smallest absolute Gasteiger partial charge is 0.344 e. The fourth-order valence-electron chi connectivity index (χ4n) is 2.52. The SMILES string of the molecule is C.COC(C(=O)OCC(=O)OC(CCCCCC(=O)O)C(C)=O)c1ccccc1.[2HH]. The molecule has 0 saturated carbocycles. The first kappa shape index (κ1) is 26.3. The summed E-state index contributed by atoms with van der Waals surface area (Å²) in [5, 5.41) is 8.59. The van der Waals surface area contributed by atoms with Gasteiger partial charge in [-0.15, -0.1) is 0 Å². The highest BCUT2D eigenvalue weighted by Crippen LogP contribution is 2.18. The van der Waals surface area contributed by atoms with E-state index >= 15 is 0 Å². The Morgan fingerprint density at radius 1 is 1.07 bits per heavy atom. The molecule has 0 saturated heterocycles. The average Bonchev–Trinajstić information content (AvgIpc) is 2.66. The van der Waals surface area contributed by atoms with Gasteiger partial charge in [0.15, 0.2) is 24.6 Å². The molecule has 1 rings (SSSR count). The number of Topliss-reactive ketones (excluding diaryl/α,β-unsaturated/α-hetero) is 1. The number of carboxylic acids is 1. The van der Waals surface area contributed by atoms with Crippen molar-refractivity contribution in [1.82, 2.24) is 0 Å². The molecule has 0 aliphatic carbocycles. The Labute approximate surface area is 172 Å². The third-order valence-electron chi connectivity index (χ3n) is 3.97. The van der Waals surface area contributed by atoms with Crippen LogP contribution in [-0.4, -0.2) is 48.6 Å². The van der Waals surface area contributed by atoms with Crippen molar-refractivity contribution in [2.45, 2.75) is 58.7 Å². The molecule has 8 nitrogen and oxygen atoms in total. The van der Waals surface area contributed by atoms with Crippen LogP contribution in [-0.2, 0) is 33.4 Å². The Kier molecular flexibility index (Phi) is 12.9. The highest BCUT2D eigenvalue weighted by Gasteiger charge is 2.24. The first-order chi connectivity index (χ1) is 13.3. The monoisotopic (exact) mass is 413 g/mol. The van der Waals surface area contributed by atoms with Gasteiger partial charge < -0.3 is 19.3 Å². The zero-order valence-electron chi connectivity index (χ0n) is 16.1. The molecule has 0 amide bonds. The molecule has 0 aromatic heterocycles. The highest BCUT2D eigenvalue weighted by atomic mass is 16.6. The van der Waals surface area contributed by atoms with Crippen molar-refractivity contribution < 1.29 is 39.9 Å². The van der Waals surface area contributed by atoms with Crippen LogP contribution in [0.25, 0.3) is 0 Å². The quantitative estimate of drug-likeness (QED) is 0.387. The van der Waals surface area contributed by atoms with Crippen molar-refractivity contribution in [3.8, 4) is 0 Å². The molecule has 1 aromatic rings. The van der Waals surface area contributed by atoms with Gasteiger partial charge >= 0.3 is 17.9 Å². The minimum absolute atomic E-state index is 0. The van der Waals surface area contributed by atoms with Crippen molar-refractivity contribution in [2.75, 3.05) is 13.7 Å². The Morgan fingerprint density at radius 3 is 2.28 bits per heavy atom. The standard InChI is InChI=1S/C20H26O8.CH4.H2/c1-14(21)16(11-7-4-8-12-17(22)23)28-18(24)13-27-20(25)19(26-2)15-9-5-3-6-10-15;;/h3,5-6,9-10,16,19H,4,7-8,11-13H2,1-2H3,(H,22,23);1H4;1H/i;;1+1. The number of rotatable bonds is 13. The fraction of sp³-hybridized carbons (Fsp3) is 0.524. The summed E-state index contributed by atoms with van der Waals surface area (Å²) in [7, 11) is 1.35. The van der Waals surface area contributed by atoms with Gasteiger partial charge in [0.1, 0.15) is 0 Å². The normalized spacial score (nSPS) is 12.2. The lowest BCUT2D eigenvalue weighted by atomic mass is 10.1. The van der Waals surface area contributed by atoms with E-state index in [1.54, 1.807) is 30.3 Å². The van der Waals surface area contributed by atoms with Crippen LogP contribution < -0.4 is 0 Å². The first-order valence-electron chi connectivity index (χ1n) is 9.01. The molecular weight excluding hydrogens is 380 g/mol. The van der Waals surface area contributed by atoms with Gasteiger partial charge in [0, 0.05) is 15.0 Å². The molecule has 1 N–H and O–H groups in total. The molecule has 0 spiro atoms. The van der Waals surface area contributed by atoms with E-state index in [0.717, 1.165) is 0 Å². The lowest BCUT2D eigenvalue weighted by molar-refractivity contribution is -0.169. The Bertz CT molecular complexity index is 662. The summed E-state index contributed by atoms with van der Waals surface area (Å²) < 4.78 is 15.2. The van der Waals surface area contributed by atoms with Gasteiger partial charge in [-0.25, -0.2) is 9.59 Å². The lowest BCUT2D eigenvalue weighted by Crippen LogP contribution is -2.29. The van der Waals surface area contributed by atoms with Crippen LogP contribution >= 0.6 is 0 Å². The number of unbranched alkanes of at least 4 members (excludes halogenated alkanes) is 2. The van der Waals surface area contributed by atoms with Crippen LogP contribution in [0.5, 0.6) is 0 Å². The highest BCUT2D eigenvalue weighted by molar-refractivity contribution is 5.85. The Hall–Kier alpha value is -2.74. The summed E-state index contributed by atoms with van der Waals surface area (Å²) in [6, 6.07) is 8.68. The molecule has 8 heteroatoms. The molecule has 0 bridgehead atoms. The van der Waals surface area contributed by atoms with E-state index in [4.69, 9.17) is 19.3 Å². The van der Waals surface area contributed by atoms with Crippen LogP contribution in [0.4, 0.5) is 0 Å². The Balaban J connectivity index is 0. The lowest BCUT2D eigenvalue weighted by Gasteiger charge is -2.17. The number of methoxy groups -OCH3 is 1. The van der Waals surface area contributed by atoms with Gasteiger partial charge in [-0.05, 0) is 31.7 Å². The number of hydrogen-bond donors (Lipinski definition) is 1. The summed E-state index contributed by atoms with van der Waals surface area (Å²) in [6.07, 6.45) is 0.0837. The van der Waals surface area contributed by atoms with Crippen LogP contribution in [0.3, 0.4) is 0 Å². The zero-order valence-corrected chi connectivity index (χ0v) is 16.1. The fourth-order valence-corrected chi connectivity index (χ4v) is 2.52. The molecule has 0 aliphatic heterocycles. The third-order valence-corrected chi connectivity index (χ3v) is 3.97. The van der Waals surface area contributed by atoms with E-state index in [-0.39, 0.29) is 21.1 Å². The molecule has 2 unspecified atom stereocenters. The van der Waals surface area contributed by atoms with Crippen molar-refractivity contribution >= 4 is 23.7 Å². The maximum atomic E-state index is 12.1. The Morgan fingerprint density at radius 2 is 1.72 bits per heavy atom. The van der Waals surface area contributed by atoms with Crippen molar-refractivity contribution in [2.24, 2.45) is 0 Å². The molecule has 0 fully saturated rings. The number of ether oxygens (including phenoxy) is 3. The molecule has 29 heavy (non-hydrogen) atoms. The minimum atomic E-state index is -0.966. The molecule has 1 aromatic carbocycles. The molecular formula is C21H32O8. The number of carbonyl (C=O) groups is 4. The second-order valence-corrected chi connectivity index (χ2v) is 6.22. The van der Waals surface area contributed by atoms with E-state index in [0.29, 0.717) is 31.2 Å². The molecule has 2 atom stereocenters. The predicted molar refractivity (Wildman–Crippen MR) is 107 cm³/mol. The molecule has 0 heterocycles. The van der Waals surface area contributed by atoms with Crippen molar-refractivity contribution in [3.05, 3.63) is 35.9 Å². The van der Waals surface area contributed by atoms with Gasteiger partial charge in [-0.1, -0.05) is 44.2 Å². The summed E-state index contributed by atoms with van der Waals surface area (Å²) in [4.78, 5) is 46.1. The maximum Gasteiger partial charge on any atom is 0.344 e. The number of hydrogen-bond acceptors (Lipinski definition) is 7. The number of carbonyl (C=O) groups excluding carboxylic acids is 3. The van der Waals surface area contributed by atoms with Gasteiger partial charge in [0.25, 0.3) is 0 Å². The van der Waals surface area contributed by atoms with E-state index < -0.39 is 36.7 Å². The van der Waals surface area contributed by atoms with Gasteiger partial charge in [-0.2, -0.15) is 0 Å². The van der Waals surface area contributed by atoms with E-state index in [1.165, 1.54) is 14.0 Å². The number of benzene rings is 1. The summed E-state index contributed by atoms with van der Waals surface area (Å²) in [5.74, 6) is -2.76. The van der Waals surface area contributed by atoms with Crippen molar-refractivity contribution in [1.29, 1.82) is 0 Å². The zero-order chi connectivity index (χ0) is 20.9. The van der Waals surface area contributed by atoms with Gasteiger partial charge in [0.05, 0.1) is 0 Å². The van der Waals surface area contributed by atoms with Crippen molar-refractivity contribution in [3.63, 3.8) is 0 Å². The van der Waals surface area contributed by atoms with Crippen LogP contribution in [0.15, 0.2) is 30.3 Å². The summed E-state index contributed by atoms with van der Waals surface area (Å²) >= 11 is 0. The maximum absolute atomic E-state index is 12.1. The number of ketones is 1. The first-order valence-corrected chi connectivity index (χ1v) is 9.01. The molecule has 164 valence electrons. The number of carboxylic acid groups (broad SMARTS) is 1. The van der Waals surface area contributed by atoms with E-state index in [9.17, 15) is 19.2 Å². The summed E-state index contributed by atoms with van der Waals surface area (Å²) in [6.45, 7) is 0.673. The van der Waals surface area contributed by atoms with Crippen LogP contribution in [0.1, 0.15) is 59.5 Å². The predicted octanol–water partition coefficient (Wildman–Crippen LogP) is 3.34. The third kappa shape index (κ3) is 10.4. The minimum Gasteiger partial charge on any atom is -0.481 e. The average molecular weight is 413 g/mol. The second-order valence-electron chi connectivity index (χ2n) is 6.22. The second kappa shape index (κ2) is 14.3. The van der Waals surface area contributed by atoms with E-state index in [2.05, 4.69) is 0 Å². The van der Waals surface area contributed by atoms with E-state index in [1.807, 2.05) is 0 Å². The number of aliphatic carboxylic acids is 1. The largest absolute Gasteiger partial charge is 0.481 e.